The van der Waals surface area contributed by atoms with E-state index in [9.17, 15) is 0 Å². The standard InChI is InChI=1S/C10H15NO3.ClH/c1-13-7-3-4-8(9(11)6-12)10(5-7)14-2;/h3-5,9,12H,6,11H2,1-2H3;1H/t9-;/m0./s1. The molecule has 0 saturated heterocycles. The number of rotatable bonds is 4. The van der Waals surface area contributed by atoms with Crippen molar-refractivity contribution in [2.75, 3.05) is 20.8 Å². The highest BCUT2D eigenvalue weighted by Crippen LogP contribution is 2.27. The van der Waals surface area contributed by atoms with Crippen molar-refractivity contribution in [2.45, 2.75) is 6.04 Å². The van der Waals surface area contributed by atoms with Gasteiger partial charge in [0.05, 0.1) is 26.9 Å². The molecule has 0 radical (unpaired) electrons. The Bertz CT molecular complexity index is 307. The summed E-state index contributed by atoms with van der Waals surface area (Å²) in [5.74, 6) is 1.33. The summed E-state index contributed by atoms with van der Waals surface area (Å²) in [5, 5.41) is 8.92. The Labute approximate surface area is 95.4 Å². The van der Waals surface area contributed by atoms with Gasteiger partial charge in [0.15, 0.2) is 0 Å². The zero-order valence-electron chi connectivity index (χ0n) is 8.77. The Morgan fingerprint density at radius 2 is 2.00 bits per heavy atom. The van der Waals surface area contributed by atoms with E-state index in [-0.39, 0.29) is 19.0 Å². The normalized spacial score (nSPS) is 11.5. The molecule has 15 heavy (non-hydrogen) atoms. The highest BCUT2D eigenvalue weighted by atomic mass is 35.5. The van der Waals surface area contributed by atoms with Gasteiger partial charge in [0.2, 0.25) is 0 Å². The lowest BCUT2D eigenvalue weighted by molar-refractivity contribution is 0.264. The van der Waals surface area contributed by atoms with Crippen LogP contribution >= 0.6 is 12.4 Å². The van der Waals surface area contributed by atoms with Crippen LogP contribution in [0, 0.1) is 0 Å². The van der Waals surface area contributed by atoms with Crippen molar-refractivity contribution in [3.63, 3.8) is 0 Å². The molecular weight excluding hydrogens is 218 g/mol. The van der Waals surface area contributed by atoms with Crippen LogP contribution in [0.5, 0.6) is 11.5 Å². The molecule has 1 atom stereocenters. The van der Waals surface area contributed by atoms with Crippen LogP contribution in [0.15, 0.2) is 18.2 Å². The van der Waals surface area contributed by atoms with Gasteiger partial charge in [-0.2, -0.15) is 0 Å². The maximum atomic E-state index is 8.92. The van der Waals surface area contributed by atoms with Gasteiger partial charge in [0.1, 0.15) is 11.5 Å². The molecule has 0 unspecified atom stereocenters. The first kappa shape index (κ1) is 14.0. The fourth-order valence-electron chi connectivity index (χ4n) is 1.22. The topological polar surface area (TPSA) is 64.7 Å². The van der Waals surface area contributed by atoms with Gasteiger partial charge in [-0.25, -0.2) is 0 Å². The summed E-state index contributed by atoms with van der Waals surface area (Å²) in [7, 11) is 3.14. The van der Waals surface area contributed by atoms with E-state index < -0.39 is 6.04 Å². The van der Waals surface area contributed by atoms with Crippen molar-refractivity contribution in [2.24, 2.45) is 5.73 Å². The van der Waals surface area contributed by atoms with Crippen LogP contribution in [0.2, 0.25) is 0 Å². The predicted molar refractivity (Wildman–Crippen MR) is 60.8 cm³/mol. The van der Waals surface area contributed by atoms with E-state index in [0.29, 0.717) is 11.5 Å². The van der Waals surface area contributed by atoms with Crippen molar-refractivity contribution in [1.82, 2.24) is 0 Å². The second-order valence-corrected chi connectivity index (χ2v) is 2.90. The van der Waals surface area contributed by atoms with Crippen LogP contribution in [0.1, 0.15) is 11.6 Å². The average Bonchev–Trinajstić information content (AvgIpc) is 2.27. The fourth-order valence-corrected chi connectivity index (χ4v) is 1.22. The summed E-state index contributed by atoms with van der Waals surface area (Å²) in [6.07, 6.45) is 0. The molecule has 5 heteroatoms. The first-order valence-corrected chi connectivity index (χ1v) is 4.31. The van der Waals surface area contributed by atoms with Gasteiger partial charge in [-0.05, 0) is 12.1 Å². The number of ether oxygens (including phenoxy) is 2. The van der Waals surface area contributed by atoms with Crippen molar-refractivity contribution >= 4 is 12.4 Å². The molecule has 0 aliphatic rings. The third kappa shape index (κ3) is 3.27. The second kappa shape index (κ2) is 6.50. The minimum Gasteiger partial charge on any atom is -0.497 e. The molecule has 0 amide bonds. The Balaban J connectivity index is 0.00000196. The van der Waals surface area contributed by atoms with Gasteiger partial charge in [-0.15, -0.1) is 12.4 Å². The van der Waals surface area contributed by atoms with E-state index >= 15 is 0 Å². The van der Waals surface area contributed by atoms with Crippen molar-refractivity contribution in [3.8, 4) is 11.5 Å². The maximum Gasteiger partial charge on any atom is 0.127 e. The molecule has 0 spiro atoms. The summed E-state index contributed by atoms with van der Waals surface area (Å²) in [4.78, 5) is 0. The summed E-state index contributed by atoms with van der Waals surface area (Å²) >= 11 is 0. The van der Waals surface area contributed by atoms with E-state index in [2.05, 4.69) is 0 Å². The van der Waals surface area contributed by atoms with Crippen LogP contribution < -0.4 is 15.2 Å². The quantitative estimate of drug-likeness (QED) is 0.818. The van der Waals surface area contributed by atoms with Gasteiger partial charge >= 0.3 is 0 Å². The second-order valence-electron chi connectivity index (χ2n) is 2.90. The average molecular weight is 234 g/mol. The van der Waals surface area contributed by atoms with E-state index in [1.54, 1.807) is 32.4 Å². The van der Waals surface area contributed by atoms with E-state index in [1.807, 2.05) is 0 Å². The number of hydrogen-bond donors (Lipinski definition) is 2. The molecule has 4 nitrogen and oxygen atoms in total. The highest BCUT2D eigenvalue weighted by Gasteiger charge is 2.11. The van der Waals surface area contributed by atoms with E-state index in [1.165, 1.54) is 0 Å². The molecule has 0 aromatic heterocycles. The lowest BCUT2D eigenvalue weighted by atomic mass is 10.1. The van der Waals surface area contributed by atoms with Gasteiger partial charge in [0, 0.05) is 11.6 Å². The van der Waals surface area contributed by atoms with Gasteiger partial charge in [0.25, 0.3) is 0 Å². The van der Waals surface area contributed by atoms with Crippen molar-refractivity contribution < 1.29 is 14.6 Å². The molecule has 1 aromatic carbocycles. The molecule has 1 rings (SSSR count). The SMILES string of the molecule is COc1ccc([C@@H](N)CO)c(OC)c1.Cl. The van der Waals surface area contributed by atoms with Crippen LogP contribution in [-0.4, -0.2) is 25.9 Å². The molecule has 3 N–H and O–H groups in total. The number of nitrogens with two attached hydrogens (primary N) is 1. The predicted octanol–water partition coefficient (Wildman–Crippen LogP) is 1.12. The Morgan fingerprint density at radius 3 is 2.47 bits per heavy atom. The lowest BCUT2D eigenvalue weighted by Crippen LogP contribution is -2.15. The first-order valence-electron chi connectivity index (χ1n) is 4.31. The number of methoxy groups -OCH3 is 2. The molecular formula is C10H16ClNO3. The summed E-state index contributed by atoms with van der Waals surface area (Å²) in [6, 6.07) is 4.90. The third-order valence-electron chi connectivity index (χ3n) is 2.04. The number of aliphatic hydroxyl groups is 1. The third-order valence-corrected chi connectivity index (χ3v) is 2.04. The molecule has 0 fully saturated rings. The molecule has 0 saturated carbocycles. The maximum absolute atomic E-state index is 8.92. The Hall–Kier alpha value is -0.970. The molecule has 0 heterocycles. The van der Waals surface area contributed by atoms with Crippen LogP contribution in [0.25, 0.3) is 0 Å². The zero-order chi connectivity index (χ0) is 10.6. The molecule has 0 aliphatic heterocycles. The minimum atomic E-state index is -0.421. The zero-order valence-corrected chi connectivity index (χ0v) is 9.58. The van der Waals surface area contributed by atoms with Gasteiger partial charge < -0.3 is 20.3 Å². The largest absolute Gasteiger partial charge is 0.497 e. The molecule has 86 valence electrons. The summed E-state index contributed by atoms with van der Waals surface area (Å²) in [6.45, 7) is -0.108. The first-order chi connectivity index (χ1) is 6.72. The highest BCUT2D eigenvalue weighted by molar-refractivity contribution is 5.85. The summed E-state index contributed by atoms with van der Waals surface area (Å²) < 4.78 is 10.2. The number of hydrogen-bond acceptors (Lipinski definition) is 4. The van der Waals surface area contributed by atoms with Crippen LogP contribution in [0.3, 0.4) is 0 Å². The molecule has 1 aromatic rings. The van der Waals surface area contributed by atoms with Gasteiger partial charge in [-0.1, -0.05) is 0 Å². The number of aliphatic hydroxyl groups excluding tert-OH is 1. The Kier molecular flexibility index (Phi) is 6.08. The monoisotopic (exact) mass is 233 g/mol. The van der Waals surface area contributed by atoms with E-state index in [0.717, 1.165) is 5.56 Å². The number of halogens is 1. The van der Waals surface area contributed by atoms with Crippen molar-refractivity contribution in [1.29, 1.82) is 0 Å². The molecule has 0 aliphatic carbocycles. The van der Waals surface area contributed by atoms with Gasteiger partial charge in [-0.3, -0.25) is 0 Å². The smallest absolute Gasteiger partial charge is 0.127 e. The van der Waals surface area contributed by atoms with Crippen LogP contribution in [-0.2, 0) is 0 Å². The summed E-state index contributed by atoms with van der Waals surface area (Å²) in [5.41, 5.74) is 6.47. The number of benzene rings is 1. The minimum absolute atomic E-state index is 0. The Morgan fingerprint density at radius 1 is 1.33 bits per heavy atom. The molecule has 0 bridgehead atoms. The van der Waals surface area contributed by atoms with Crippen molar-refractivity contribution in [3.05, 3.63) is 23.8 Å². The van der Waals surface area contributed by atoms with E-state index in [4.69, 9.17) is 20.3 Å². The van der Waals surface area contributed by atoms with Crippen LogP contribution in [0.4, 0.5) is 0 Å². The fraction of sp³-hybridized carbons (Fsp3) is 0.400. The lowest BCUT2D eigenvalue weighted by Gasteiger charge is -2.14.